The Morgan fingerprint density at radius 2 is 2.00 bits per heavy atom. The predicted octanol–water partition coefficient (Wildman–Crippen LogP) is 2.62. The lowest BCUT2D eigenvalue weighted by Crippen LogP contribution is -2.47. The van der Waals surface area contributed by atoms with E-state index in [0.717, 1.165) is 56.8 Å². The Labute approximate surface area is 142 Å². The quantitative estimate of drug-likeness (QED) is 0.869. The number of ether oxygens (including phenoxy) is 1. The monoisotopic (exact) mass is 328 g/mol. The van der Waals surface area contributed by atoms with Crippen molar-refractivity contribution in [1.82, 2.24) is 9.80 Å². The van der Waals surface area contributed by atoms with Gasteiger partial charge in [0.2, 0.25) is 0 Å². The first-order chi connectivity index (χ1) is 11.8. The molecule has 2 saturated heterocycles. The average Bonchev–Trinajstić information content (AvgIpc) is 3.26. The number of hydrogen-bond acceptors (Lipinski definition) is 4. The topological polar surface area (TPSA) is 45.9 Å². The van der Waals surface area contributed by atoms with Gasteiger partial charge in [0.25, 0.3) is 5.91 Å². The molecule has 5 nitrogen and oxygen atoms in total. The van der Waals surface area contributed by atoms with Gasteiger partial charge >= 0.3 is 0 Å². The molecule has 2 fully saturated rings. The van der Waals surface area contributed by atoms with Gasteiger partial charge in [-0.3, -0.25) is 9.69 Å². The van der Waals surface area contributed by atoms with E-state index < -0.39 is 0 Å². The van der Waals surface area contributed by atoms with E-state index in [1.165, 1.54) is 0 Å². The molecular formula is C19H24N2O3. The van der Waals surface area contributed by atoms with Crippen molar-refractivity contribution in [3.63, 3.8) is 0 Å². The summed E-state index contributed by atoms with van der Waals surface area (Å²) in [6.07, 6.45) is 2.70. The molecule has 0 unspecified atom stereocenters. The standard InChI is InChI=1S/C19H24N2O3/c1-2-14-11-21(12-17(14)20-7-9-23-10-8-20)19(22)16-13-24-18-6-4-3-5-15(16)18/h3-6,13-14,17H,2,7-12H2,1H3/t14-,17+/m0/s1. The van der Waals surface area contributed by atoms with Gasteiger partial charge in [-0.05, 0) is 12.0 Å². The van der Waals surface area contributed by atoms with Crippen molar-refractivity contribution >= 4 is 16.9 Å². The van der Waals surface area contributed by atoms with Crippen LogP contribution in [-0.4, -0.2) is 61.1 Å². The van der Waals surface area contributed by atoms with Crippen LogP contribution in [0.5, 0.6) is 0 Å². The third kappa shape index (κ3) is 2.72. The minimum absolute atomic E-state index is 0.0918. The van der Waals surface area contributed by atoms with Crippen LogP contribution >= 0.6 is 0 Å². The molecule has 128 valence electrons. The van der Waals surface area contributed by atoms with Crippen LogP contribution in [0.4, 0.5) is 0 Å². The average molecular weight is 328 g/mol. The highest BCUT2D eigenvalue weighted by atomic mass is 16.5. The smallest absolute Gasteiger partial charge is 0.257 e. The lowest BCUT2D eigenvalue weighted by molar-refractivity contribution is 0.0103. The fourth-order valence-electron chi connectivity index (χ4n) is 4.06. The van der Waals surface area contributed by atoms with Gasteiger partial charge < -0.3 is 14.1 Å². The Balaban J connectivity index is 1.55. The Bertz CT molecular complexity index is 720. The fraction of sp³-hybridized carbons (Fsp3) is 0.526. The van der Waals surface area contributed by atoms with Crippen molar-refractivity contribution in [3.05, 3.63) is 36.1 Å². The molecule has 1 amide bonds. The molecule has 3 heterocycles. The van der Waals surface area contributed by atoms with Crippen molar-refractivity contribution in [3.8, 4) is 0 Å². The number of likely N-dealkylation sites (tertiary alicyclic amines) is 1. The number of fused-ring (bicyclic) bond motifs is 1. The van der Waals surface area contributed by atoms with Crippen LogP contribution in [0.3, 0.4) is 0 Å². The van der Waals surface area contributed by atoms with E-state index in [1.54, 1.807) is 6.26 Å². The van der Waals surface area contributed by atoms with Crippen LogP contribution in [0.2, 0.25) is 0 Å². The molecule has 1 aromatic heterocycles. The van der Waals surface area contributed by atoms with E-state index in [2.05, 4.69) is 11.8 Å². The third-order valence-electron chi connectivity index (χ3n) is 5.44. The molecule has 0 N–H and O–H groups in total. The lowest BCUT2D eigenvalue weighted by Gasteiger charge is -2.34. The van der Waals surface area contributed by atoms with Gasteiger partial charge in [-0.1, -0.05) is 31.5 Å². The molecule has 1 aromatic carbocycles. The second kappa shape index (κ2) is 6.57. The Hall–Kier alpha value is -1.85. The number of rotatable bonds is 3. The number of morpholine rings is 1. The number of carbonyl (C=O) groups excluding carboxylic acids is 1. The third-order valence-corrected chi connectivity index (χ3v) is 5.44. The summed E-state index contributed by atoms with van der Waals surface area (Å²) in [6.45, 7) is 7.39. The Morgan fingerprint density at radius 1 is 1.21 bits per heavy atom. The molecule has 0 aliphatic carbocycles. The zero-order valence-corrected chi connectivity index (χ0v) is 14.1. The lowest BCUT2D eigenvalue weighted by atomic mass is 9.99. The summed E-state index contributed by atoms with van der Waals surface area (Å²) < 4.78 is 11.0. The van der Waals surface area contributed by atoms with E-state index in [9.17, 15) is 4.79 Å². The SMILES string of the molecule is CC[C@H]1CN(C(=O)c2coc3ccccc23)C[C@H]1N1CCOCC1. The van der Waals surface area contributed by atoms with Gasteiger partial charge in [-0.25, -0.2) is 0 Å². The van der Waals surface area contributed by atoms with Gasteiger partial charge in [0, 0.05) is 37.6 Å². The van der Waals surface area contributed by atoms with Crippen LogP contribution in [0.15, 0.2) is 34.9 Å². The highest BCUT2D eigenvalue weighted by molar-refractivity contribution is 6.06. The van der Waals surface area contributed by atoms with Gasteiger partial charge in [0.05, 0.1) is 18.8 Å². The molecule has 2 aromatic rings. The van der Waals surface area contributed by atoms with Crippen LogP contribution in [0.1, 0.15) is 23.7 Å². The molecule has 24 heavy (non-hydrogen) atoms. The molecule has 0 radical (unpaired) electrons. The summed E-state index contributed by atoms with van der Waals surface area (Å²) in [6, 6.07) is 8.18. The summed E-state index contributed by atoms with van der Waals surface area (Å²) in [4.78, 5) is 17.5. The number of carbonyl (C=O) groups is 1. The molecular weight excluding hydrogens is 304 g/mol. The predicted molar refractivity (Wildman–Crippen MR) is 92.1 cm³/mol. The molecule has 2 aliphatic heterocycles. The first-order valence-electron chi connectivity index (χ1n) is 8.85. The molecule has 2 atom stereocenters. The minimum atomic E-state index is 0.0918. The van der Waals surface area contributed by atoms with Crippen LogP contribution in [0.25, 0.3) is 11.0 Å². The maximum atomic E-state index is 13.0. The number of furan rings is 1. The van der Waals surface area contributed by atoms with Crippen LogP contribution in [-0.2, 0) is 4.74 Å². The molecule has 0 spiro atoms. The largest absolute Gasteiger partial charge is 0.463 e. The van der Waals surface area contributed by atoms with E-state index in [0.29, 0.717) is 17.5 Å². The highest BCUT2D eigenvalue weighted by Crippen LogP contribution is 2.29. The zero-order valence-electron chi connectivity index (χ0n) is 14.1. The molecule has 5 heteroatoms. The second-order valence-electron chi connectivity index (χ2n) is 6.74. The van der Waals surface area contributed by atoms with Crippen molar-refractivity contribution in [2.45, 2.75) is 19.4 Å². The summed E-state index contributed by atoms with van der Waals surface area (Å²) in [5.74, 6) is 0.624. The minimum Gasteiger partial charge on any atom is -0.463 e. The zero-order chi connectivity index (χ0) is 16.5. The van der Waals surface area contributed by atoms with Crippen LogP contribution < -0.4 is 0 Å². The number of hydrogen-bond donors (Lipinski definition) is 0. The summed E-state index contributed by atoms with van der Waals surface area (Å²) >= 11 is 0. The number of amides is 1. The molecule has 0 saturated carbocycles. The second-order valence-corrected chi connectivity index (χ2v) is 6.74. The summed E-state index contributed by atoms with van der Waals surface area (Å²) in [7, 11) is 0. The van der Waals surface area contributed by atoms with Crippen molar-refractivity contribution in [1.29, 1.82) is 0 Å². The van der Waals surface area contributed by atoms with Crippen molar-refractivity contribution < 1.29 is 13.9 Å². The van der Waals surface area contributed by atoms with Gasteiger partial charge in [0.1, 0.15) is 11.8 Å². The Morgan fingerprint density at radius 3 is 2.79 bits per heavy atom. The van der Waals surface area contributed by atoms with Crippen molar-refractivity contribution in [2.75, 3.05) is 39.4 Å². The van der Waals surface area contributed by atoms with E-state index in [-0.39, 0.29) is 5.91 Å². The number of nitrogens with zero attached hydrogens (tertiary/aromatic N) is 2. The Kier molecular flexibility index (Phi) is 4.29. The number of para-hydroxylation sites is 1. The van der Waals surface area contributed by atoms with E-state index in [1.807, 2.05) is 29.2 Å². The maximum absolute atomic E-state index is 13.0. The first kappa shape index (κ1) is 15.7. The van der Waals surface area contributed by atoms with Gasteiger partial charge in [-0.2, -0.15) is 0 Å². The first-order valence-corrected chi connectivity index (χ1v) is 8.85. The van der Waals surface area contributed by atoms with Crippen LogP contribution in [0, 0.1) is 5.92 Å². The number of benzene rings is 1. The normalized spacial score (nSPS) is 25.5. The molecule has 2 aliphatic rings. The molecule has 0 bridgehead atoms. The summed E-state index contributed by atoms with van der Waals surface area (Å²) in [5, 5.41) is 0.908. The van der Waals surface area contributed by atoms with Gasteiger partial charge in [0.15, 0.2) is 0 Å². The maximum Gasteiger partial charge on any atom is 0.257 e. The van der Waals surface area contributed by atoms with Gasteiger partial charge in [-0.15, -0.1) is 0 Å². The fourth-order valence-corrected chi connectivity index (χ4v) is 4.06. The van der Waals surface area contributed by atoms with E-state index in [4.69, 9.17) is 9.15 Å². The summed E-state index contributed by atoms with van der Waals surface area (Å²) in [5.41, 5.74) is 1.46. The molecule has 4 rings (SSSR count). The van der Waals surface area contributed by atoms with E-state index >= 15 is 0 Å². The highest BCUT2D eigenvalue weighted by Gasteiger charge is 2.38. The van der Waals surface area contributed by atoms with Crippen molar-refractivity contribution in [2.24, 2.45) is 5.92 Å².